The molecular weight excluding hydrogens is 291 g/mol. The molecular formula is C16H12Cl2N2. The van der Waals surface area contributed by atoms with Crippen molar-refractivity contribution in [2.24, 2.45) is 0 Å². The normalized spacial score (nSPS) is 10.9. The van der Waals surface area contributed by atoms with E-state index in [9.17, 15) is 0 Å². The van der Waals surface area contributed by atoms with Crippen LogP contribution in [0.5, 0.6) is 0 Å². The Balaban J connectivity index is 1.98. The molecule has 4 heteroatoms. The van der Waals surface area contributed by atoms with Gasteiger partial charge in [-0.3, -0.25) is 0 Å². The summed E-state index contributed by atoms with van der Waals surface area (Å²) in [5.41, 5.74) is 3.15. The Morgan fingerprint density at radius 1 is 1.00 bits per heavy atom. The Hall–Kier alpha value is -1.77. The molecule has 1 heterocycles. The minimum atomic E-state index is 0.573. The SMILES string of the molecule is N=Cc1ccc2c(ccn2Cc2ccc(Cl)c(Cl)c2)c1. The third kappa shape index (κ3) is 2.45. The van der Waals surface area contributed by atoms with E-state index in [1.165, 1.54) is 6.21 Å². The van der Waals surface area contributed by atoms with Crippen LogP contribution in [0, 0.1) is 5.41 Å². The molecule has 1 aromatic heterocycles. The molecule has 100 valence electrons. The Morgan fingerprint density at radius 3 is 2.60 bits per heavy atom. The van der Waals surface area contributed by atoms with E-state index in [1.54, 1.807) is 0 Å². The molecule has 0 bridgehead atoms. The Morgan fingerprint density at radius 2 is 1.85 bits per heavy atom. The lowest BCUT2D eigenvalue weighted by Crippen LogP contribution is -1.97. The average molecular weight is 303 g/mol. The van der Waals surface area contributed by atoms with Gasteiger partial charge in [-0.1, -0.05) is 35.3 Å². The lowest BCUT2D eigenvalue weighted by Gasteiger charge is -2.07. The second-order valence-electron chi connectivity index (χ2n) is 4.65. The van der Waals surface area contributed by atoms with Gasteiger partial charge in [0, 0.05) is 29.9 Å². The van der Waals surface area contributed by atoms with Crippen LogP contribution in [0.2, 0.25) is 10.0 Å². The zero-order valence-corrected chi connectivity index (χ0v) is 12.1. The van der Waals surface area contributed by atoms with Gasteiger partial charge in [0.05, 0.1) is 10.0 Å². The monoisotopic (exact) mass is 302 g/mol. The van der Waals surface area contributed by atoms with Crippen molar-refractivity contribution < 1.29 is 0 Å². The summed E-state index contributed by atoms with van der Waals surface area (Å²) in [4.78, 5) is 0. The number of hydrogen-bond donors (Lipinski definition) is 1. The zero-order chi connectivity index (χ0) is 14.1. The van der Waals surface area contributed by atoms with E-state index in [4.69, 9.17) is 28.6 Å². The van der Waals surface area contributed by atoms with Gasteiger partial charge in [0.1, 0.15) is 0 Å². The third-order valence-electron chi connectivity index (χ3n) is 3.30. The van der Waals surface area contributed by atoms with Crippen molar-refractivity contribution in [3.63, 3.8) is 0 Å². The molecule has 0 fully saturated rings. The number of hydrogen-bond acceptors (Lipinski definition) is 1. The molecule has 20 heavy (non-hydrogen) atoms. The maximum atomic E-state index is 7.29. The van der Waals surface area contributed by atoms with Crippen molar-refractivity contribution in [3.05, 3.63) is 69.8 Å². The molecule has 0 saturated carbocycles. The fourth-order valence-corrected chi connectivity index (χ4v) is 2.60. The summed E-state index contributed by atoms with van der Waals surface area (Å²) in [7, 11) is 0. The highest BCUT2D eigenvalue weighted by molar-refractivity contribution is 6.42. The second-order valence-corrected chi connectivity index (χ2v) is 5.47. The van der Waals surface area contributed by atoms with Crippen LogP contribution in [0.15, 0.2) is 48.7 Å². The first-order valence-electron chi connectivity index (χ1n) is 6.20. The van der Waals surface area contributed by atoms with Crippen molar-refractivity contribution in [2.45, 2.75) is 6.54 Å². The van der Waals surface area contributed by atoms with Crippen molar-refractivity contribution in [2.75, 3.05) is 0 Å². The quantitative estimate of drug-likeness (QED) is 0.660. The predicted molar refractivity (Wildman–Crippen MR) is 85.4 cm³/mol. The summed E-state index contributed by atoms with van der Waals surface area (Å²) in [5.74, 6) is 0. The third-order valence-corrected chi connectivity index (χ3v) is 4.04. The molecule has 0 unspecified atom stereocenters. The summed E-state index contributed by atoms with van der Waals surface area (Å²) in [6.45, 7) is 0.740. The Kier molecular flexibility index (Phi) is 3.51. The van der Waals surface area contributed by atoms with Crippen LogP contribution in [0.4, 0.5) is 0 Å². The Bertz CT molecular complexity index is 790. The molecule has 1 N–H and O–H groups in total. The highest BCUT2D eigenvalue weighted by atomic mass is 35.5. The van der Waals surface area contributed by atoms with E-state index in [0.717, 1.165) is 28.6 Å². The van der Waals surface area contributed by atoms with Gasteiger partial charge < -0.3 is 9.98 Å². The van der Waals surface area contributed by atoms with Crippen LogP contribution >= 0.6 is 23.2 Å². The van der Waals surface area contributed by atoms with Crippen molar-refractivity contribution in [1.29, 1.82) is 5.41 Å². The first kappa shape index (κ1) is 13.2. The highest BCUT2D eigenvalue weighted by Crippen LogP contribution is 2.24. The van der Waals surface area contributed by atoms with Gasteiger partial charge in [-0.05, 0) is 41.5 Å². The maximum Gasteiger partial charge on any atom is 0.0595 e. The number of nitrogens with one attached hydrogen (secondary N) is 1. The van der Waals surface area contributed by atoms with Crippen molar-refractivity contribution in [3.8, 4) is 0 Å². The fourth-order valence-electron chi connectivity index (χ4n) is 2.28. The molecule has 0 amide bonds. The molecule has 0 spiro atoms. The summed E-state index contributed by atoms with van der Waals surface area (Å²) < 4.78 is 2.16. The van der Waals surface area contributed by atoms with Crippen LogP contribution < -0.4 is 0 Å². The van der Waals surface area contributed by atoms with E-state index in [1.807, 2.05) is 42.6 Å². The lowest BCUT2D eigenvalue weighted by molar-refractivity contribution is 0.837. The minimum absolute atomic E-state index is 0.573. The predicted octanol–water partition coefficient (Wildman–Crippen LogP) is 4.99. The van der Waals surface area contributed by atoms with Gasteiger partial charge >= 0.3 is 0 Å². The highest BCUT2D eigenvalue weighted by Gasteiger charge is 2.04. The first-order valence-corrected chi connectivity index (χ1v) is 6.96. The number of aromatic nitrogens is 1. The molecule has 0 atom stereocenters. The van der Waals surface area contributed by atoms with Gasteiger partial charge in [-0.25, -0.2) is 0 Å². The molecule has 2 aromatic carbocycles. The summed E-state index contributed by atoms with van der Waals surface area (Å²) >= 11 is 12.0. The molecule has 0 aliphatic heterocycles. The lowest BCUT2D eigenvalue weighted by atomic mass is 10.1. The van der Waals surface area contributed by atoms with Gasteiger partial charge in [0.2, 0.25) is 0 Å². The van der Waals surface area contributed by atoms with E-state index >= 15 is 0 Å². The van der Waals surface area contributed by atoms with Gasteiger partial charge in [-0.15, -0.1) is 0 Å². The molecule has 3 rings (SSSR count). The minimum Gasteiger partial charge on any atom is -0.343 e. The van der Waals surface area contributed by atoms with Gasteiger partial charge in [0.25, 0.3) is 0 Å². The molecule has 3 aromatic rings. The van der Waals surface area contributed by atoms with E-state index < -0.39 is 0 Å². The standard InChI is InChI=1S/C16H12Cl2N2/c17-14-3-1-12(8-15(14)18)10-20-6-5-13-7-11(9-19)2-4-16(13)20/h1-9,19H,10H2. The Labute approximate surface area is 127 Å². The van der Waals surface area contributed by atoms with Gasteiger partial charge in [0.15, 0.2) is 0 Å². The van der Waals surface area contributed by atoms with Crippen LogP contribution in [0.1, 0.15) is 11.1 Å². The van der Waals surface area contributed by atoms with E-state index in [-0.39, 0.29) is 0 Å². The molecule has 0 aliphatic rings. The largest absolute Gasteiger partial charge is 0.343 e. The number of nitrogens with zero attached hydrogens (tertiary/aromatic N) is 1. The summed E-state index contributed by atoms with van der Waals surface area (Å²) in [5, 5.41) is 9.57. The number of halogens is 2. The van der Waals surface area contributed by atoms with Crippen LogP contribution in [0.3, 0.4) is 0 Å². The first-order chi connectivity index (χ1) is 9.67. The van der Waals surface area contributed by atoms with Crippen LogP contribution in [-0.4, -0.2) is 10.8 Å². The number of benzene rings is 2. The van der Waals surface area contributed by atoms with Crippen molar-refractivity contribution in [1.82, 2.24) is 4.57 Å². The summed E-state index contributed by atoms with van der Waals surface area (Å²) in [6.07, 6.45) is 3.40. The zero-order valence-electron chi connectivity index (χ0n) is 10.6. The molecule has 2 nitrogen and oxygen atoms in total. The molecule has 0 radical (unpaired) electrons. The maximum absolute atomic E-state index is 7.29. The van der Waals surface area contributed by atoms with Crippen molar-refractivity contribution >= 4 is 40.3 Å². The average Bonchev–Trinajstić information content (AvgIpc) is 2.85. The molecule has 0 aliphatic carbocycles. The topological polar surface area (TPSA) is 28.8 Å². The second kappa shape index (κ2) is 5.31. The smallest absolute Gasteiger partial charge is 0.0595 e. The van der Waals surface area contributed by atoms with Crippen LogP contribution in [0.25, 0.3) is 10.9 Å². The van der Waals surface area contributed by atoms with Crippen LogP contribution in [-0.2, 0) is 6.54 Å². The number of rotatable bonds is 3. The molecule has 0 saturated heterocycles. The van der Waals surface area contributed by atoms with E-state index in [2.05, 4.69) is 10.6 Å². The van der Waals surface area contributed by atoms with Gasteiger partial charge in [-0.2, -0.15) is 0 Å². The fraction of sp³-hybridized carbons (Fsp3) is 0.0625. The number of fused-ring (bicyclic) bond motifs is 1. The summed E-state index contributed by atoms with van der Waals surface area (Å²) in [6, 6.07) is 13.7. The van der Waals surface area contributed by atoms with E-state index in [0.29, 0.717) is 10.0 Å².